The molecular formula is C20H26Cl2N4O. The first-order valence-electron chi connectivity index (χ1n) is 9.82. The van der Waals surface area contributed by atoms with Crippen molar-refractivity contribution in [2.24, 2.45) is 0 Å². The van der Waals surface area contributed by atoms with Crippen LogP contribution in [0.5, 0.6) is 0 Å². The summed E-state index contributed by atoms with van der Waals surface area (Å²) < 4.78 is 1.86. The molecule has 1 aromatic heterocycles. The van der Waals surface area contributed by atoms with Crippen molar-refractivity contribution >= 4 is 34.1 Å². The summed E-state index contributed by atoms with van der Waals surface area (Å²) in [6.07, 6.45) is 3.21. The van der Waals surface area contributed by atoms with E-state index in [0.717, 1.165) is 44.7 Å². The molecule has 0 amide bonds. The molecule has 2 atom stereocenters. The molecule has 2 aliphatic heterocycles. The van der Waals surface area contributed by atoms with Crippen molar-refractivity contribution in [1.82, 2.24) is 19.8 Å². The summed E-state index contributed by atoms with van der Waals surface area (Å²) >= 11 is 12.3. The SMILES string of the molecule is CC(C)NCCN1CCC[C@@H]2c3nc4cc(Cl)c(Cl)cc4c(=O)n3CC[C@H]21. The summed E-state index contributed by atoms with van der Waals surface area (Å²) in [5.74, 6) is 1.22. The van der Waals surface area contributed by atoms with E-state index in [0.29, 0.717) is 45.5 Å². The van der Waals surface area contributed by atoms with Gasteiger partial charge in [-0.3, -0.25) is 14.3 Å². The zero-order chi connectivity index (χ0) is 19.1. The van der Waals surface area contributed by atoms with Crippen LogP contribution in [0.15, 0.2) is 16.9 Å². The summed E-state index contributed by atoms with van der Waals surface area (Å²) in [4.78, 5) is 20.5. The molecule has 1 aromatic carbocycles. The Morgan fingerprint density at radius 2 is 2.00 bits per heavy atom. The average Bonchev–Trinajstić information content (AvgIpc) is 2.63. The van der Waals surface area contributed by atoms with Crippen molar-refractivity contribution in [2.45, 2.75) is 57.7 Å². The fraction of sp³-hybridized carbons (Fsp3) is 0.600. The summed E-state index contributed by atoms with van der Waals surface area (Å²) in [6.45, 7) is 8.22. The van der Waals surface area contributed by atoms with Gasteiger partial charge in [0.15, 0.2) is 0 Å². The smallest absolute Gasteiger partial charge is 0.261 e. The molecule has 1 N–H and O–H groups in total. The van der Waals surface area contributed by atoms with E-state index in [1.165, 1.54) is 0 Å². The van der Waals surface area contributed by atoms with E-state index in [2.05, 4.69) is 24.1 Å². The van der Waals surface area contributed by atoms with E-state index in [1.54, 1.807) is 12.1 Å². The Balaban J connectivity index is 1.68. The third kappa shape index (κ3) is 3.63. The highest BCUT2D eigenvalue weighted by molar-refractivity contribution is 6.42. The number of hydrogen-bond donors (Lipinski definition) is 1. The zero-order valence-corrected chi connectivity index (χ0v) is 17.4. The second-order valence-electron chi connectivity index (χ2n) is 7.96. The Kier molecular flexibility index (Phi) is 5.48. The lowest BCUT2D eigenvalue weighted by Gasteiger charge is -2.44. The van der Waals surface area contributed by atoms with Gasteiger partial charge in [-0.2, -0.15) is 0 Å². The standard InChI is InChI=1S/C20H26Cl2N4O/c1-12(2)23-6-9-25-7-3-4-13-18(25)5-8-26-19(13)24-17-11-16(22)15(21)10-14(17)20(26)27/h10-13,18,23H,3-9H2,1-2H3/t13-,18+/m0/s1. The molecular weight excluding hydrogens is 383 g/mol. The van der Waals surface area contributed by atoms with E-state index in [1.807, 2.05) is 4.57 Å². The number of nitrogens with zero attached hydrogens (tertiary/aromatic N) is 3. The van der Waals surface area contributed by atoms with E-state index in [-0.39, 0.29) is 5.56 Å². The number of rotatable bonds is 4. The molecule has 0 bridgehead atoms. The van der Waals surface area contributed by atoms with Crippen LogP contribution in [0.2, 0.25) is 10.0 Å². The second kappa shape index (κ2) is 7.70. The molecule has 27 heavy (non-hydrogen) atoms. The van der Waals surface area contributed by atoms with E-state index in [9.17, 15) is 4.79 Å². The van der Waals surface area contributed by atoms with Crippen LogP contribution < -0.4 is 10.9 Å². The highest BCUT2D eigenvalue weighted by Crippen LogP contribution is 2.37. The van der Waals surface area contributed by atoms with Crippen molar-refractivity contribution in [3.05, 3.63) is 38.4 Å². The number of benzene rings is 1. The van der Waals surface area contributed by atoms with Crippen LogP contribution in [0.1, 0.15) is 44.9 Å². The Hall–Kier alpha value is -1.14. The van der Waals surface area contributed by atoms with Crippen LogP contribution in [0.3, 0.4) is 0 Å². The van der Waals surface area contributed by atoms with Crippen molar-refractivity contribution in [3.8, 4) is 0 Å². The molecule has 3 heterocycles. The molecule has 0 radical (unpaired) electrons. The van der Waals surface area contributed by atoms with Crippen molar-refractivity contribution < 1.29 is 0 Å². The number of likely N-dealkylation sites (tertiary alicyclic amines) is 1. The Labute approximate surface area is 169 Å². The maximum Gasteiger partial charge on any atom is 0.261 e. The lowest BCUT2D eigenvalue weighted by Crippen LogP contribution is -2.51. The first-order chi connectivity index (χ1) is 13.0. The van der Waals surface area contributed by atoms with Gasteiger partial charge in [0.25, 0.3) is 5.56 Å². The van der Waals surface area contributed by atoms with Crippen LogP contribution in [-0.4, -0.2) is 46.2 Å². The summed E-state index contributed by atoms with van der Waals surface area (Å²) in [6, 6.07) is 4.33. The van der Waals surface area contributed by atoms with Gasteiger partial charge in [0.05, 0.1) is 20.9 Å². The van der Waals surface area contributed by atoms with Gasteiger partial charge in [0.2, 0.25) is 0 Å². The second-order valence-corrected chi connectivity index (χ2v) is 8.77. The minimum atomic E-state index is 0.00520. The van der Waals surface area contributed by atoms with E-state index in [4.69, 9.17) is 28.2 Å². The fourth-order valence-electron chi connectivity index (χ4n) is 4.58. The maximum atomic E-state index is 13.0. The quantitative estimate of drug-likeness (QED) is 0.838. The fourth-order valence-corrected chi connectivity index (χ4v) is 4.90. The molecule has 2 aliphatic rings. The van der Waals surface area contributed by atoms with E-state index >= 15 is 0 Å². The van der Waals surface area contributed by atoms with Gasteiger partial charge >= 0.3 is 0 Å². The number of nitrogens with one attached hydrogen (secondary N) is 1. The first kappa shape index (κ1) is 19.2. The monoisotopic (exact) mass is 408 g/mol. The highest BCUT2D eigenvalue weighted by atomic mass is 35.5. The van der Waals surface area contributed by atoms with Crippen molar-refractivity contribution in [2.75, 3.05) is 19.6 Å². The number of hydrogen-bond acceptors (Lipinski definition) is 4. The largest absolute Gasteiger partial charge is 0.313 e. The van der Waals surface area contributed by atoms with Gasteiger partial charge in [-0.25, -0.2) is 4.98 Å². The normalized spacial score (nSPS) is 22.9. The van der Waals surface area contributed by atoms with Crippen molar-refractivity contribution in [1.29, 1.82) is 0 Å². The van der Waals surface area contributed by atoms with Crippen LogP contribution >= 0.6 is 23.2 Å². The predicted octanol–water partition coefficient (Wildman–Crippen LogP) is 3.65. The van der Waals surface area contributed by atoms with Crippen LogP contribution in [-0.2, 0) is 6.54 Å². The number of fused-ring (bicyclic) bond motifs is 4. The van der Waals surface area contributed by atoms with Crippen LogP contribution in [0.4, 0.5) is 0 Å². The molecule has 0 saturated carbocycles. The molecule has 0 aliphatic carbocycles. The molecule has 0 spiro atoms. The molecule has 146 valence electrons. The lowest BCUT2D eigenvalue weighted by molar-refractivity contribution is 0.0961. The van der Waals surface area contributed by atoms with Crippen LogP contribution in [0, 0.1) is 0 Å². The Bertz CT molecular complexity index is 911. The van der Waals surface area contributed by atoms with Gasteiger partial charge in [-0.15, -0.1) is 0 Å². The third-order valence-electron chi connectivity index (χ3n) is 5.85. The lowest BCUT2D eigenvalue weighted by atomic mass is 9.83. The average molecular weight is 409 g/mol. The molecule has 1 saturated heterocycles. The van der Waals surface area contributed by atoms with Crippen molar-refractivity contribution in [3.63, 3.8) is 0 Å². The highest BCUT2D eigenvalue weighted by Gasteiger charge is 2.38. The van der Waals surface area contributed by atoms with Gasteiger partial charge in [0, 0.05) is 37.6 Å². The van der Waals surface area contributed by atoms with Gasteiger partial charge < -0.3 is 5.32 Å². The minimum Gasteiger partial charge on any atom is -0.313 e. The number of piperidine rings is 1. The Morgan fingerprint density at radius 1 is 1.22 bits per heavy atom. The third-order valence-corrected chi connectivity index (χ3v) is 6.57. The molecule has 4 rings (SSSR count). The minimum absolute atomic E-state index is 0.00520. The molecule has 1 fully saturated rings. The topological polar surface area (TPSA) is 50.2 Å². The molecule has 0 unspecified atom stereocenters. The first-order valence-corrected chi connectivity index (χ1v) is 10.6. The Morgan fingerprint density at radius 3 is 2.78 bits per heavy atom. The number of aromatic nitrogens is 2. The molecule has 5 nitrogen and oxygen atoms in total. The molecule has 7 heteroatoms. The summed E-state index contributed by atoms with van der Waals surface area (Å²) in [5.41, 5.74) is 0.658. The van der Waals surface area contributed by atoms with E-state index < -0.39 is 0 Å². The number of halogens is 2. The van der Waals surface area contributed by atoms with Gasteiger partial charge in [-0.1, -0.05) is 37.0 Å². The summed E-state index contributed by atoms with van der Waals surface area (Å²) in [5, 5.41) is 4.91. The maximum absolute atomic E-state index is 13.0. The predicted molar refractivity (Wildman–Crippen MR) is 111 cm³/mol. The van der Waals surface area contributed by atoms with Crippen LogP contribution in [0.25, 0.3) is 10.9 Å². The van der Waals surface area contributed by atoms with Gasteiger partial charge in [0.1, 0.15) is 5.82 Å². The molecule has 2 aromatic rings. The summed E-state index contributed by atoms with van der Waals surface area (Å²) in [7, 11) is 0. The zero-order valence-electron chi connectivity index (χ0n) is 15.8. The van der Waals surface area contributed by atoms with Gasteiger partial charge in [-0.05, 0) is 37.9 Å².